The molecule has 0 spiro atoms. The zero-order valence-corrected chi connectivity index (χ0v) is 17.8. The van der Waals surface area contributed by atoms with Gasteiger partial charge in [-0.3, -0.25) is 9.10 Å². The van der Waals surface area contributed by atoms with Crippen LogP contribution in [0.2, 0.25) is 5.02 Å². The number of benzene rings is 2. The van der Waals surface area contributed by atoms with Gasteiger partial charge in [-0.2, -0.15) is 0 Å². The van der Waals surface area contributed by atoms with Crippen molar-refractivity contribution >= 4 is 44.6 Å². The van der Waals surface area contributed by atoms with Gasteiger partial charge in [0.2, 0.25) is 10.0 Å². The van der Waals surface area contributed by atoms with E-state index in [0.29, 0.717) is 21.8 Å². The van der Waals surface area contributed by atoms with Crippen molar-refractivity contribution in [1.82, 2.24) is 4.98 Å². The number of aliphatic hydroxyl groups is 1. The van der Waals surface area contributed by atoms with E-state index in [1.165, 1.54) is 10.5 Å². The van der Waals surface area contributed by atoms with Crippen LogP contribution < -0.4 is 9.62 Å². The molecule has 0 unspecified atom stereocenters. The Kier molecular flexibility index (Phi) is 5.67. The number of aliphatic hydroxyl groups excluding tert-OH is 1. The van der Waals surface area contributed by atoms with Crippen LogP contribution in [0.25, 0.3) is 5.57 Å². The van der Waals surface area contributed by atoms with Crippen LogP contribution in [0.1, 0.15) is 11.1 Å². The smallest absolute Gasteiger partial charge is 0.260 e. The van der Waals surface area contributed by atoms with Gasteiger partial charge in [-0.05, 0) is 35.9 Å². The fraction of sp³-hybridized carbons (Fsp3) is 0.0909. The van der Waals surface area contributed by atoms with Gasteiger partial charge >= 0.3 is 0 Å². The molecule has 2 N–H and O–H groups in total. The minimum absolute atomic E-state index is 0.0267. The van der Waals surface area contributed by atoms with Crippen molar-refractivity contribution in [3.63, 3.8) is 0 Å². The van der Waals surface area contributed by atoms with Gasteiger partial charge in [0.15, 0.2) is 0 Å². The van der Waals surface area contributed by atoms with Crippen LogP contribution in [-0.2, 0) is 21.4 Å². The van der Waals surface area contributed by atoms with E-state index >= 15 is 0 Å². The van der Waals surface area contributed by atoms with E-state index in [-0.39, 0.29) is 17.9 Å². The number of para-hydroxylation sites is 1. The third-order valence-corrected chi connectivity index (χ3v) is 6.65. The van der Waals surface area contributed by atoms with E-state index in [1.807, 2.05) is 0 Å². The minimum Gasteiger partial charge on any atom is -0.510 e. The highest BCUT2D eigenvalue weighted by atomic mass is 35.5. The molecule has 31 heavy (non-hydrogen) atoms. The molecule has 0 saturated carbocycles. The first-order valence-corrected chi connectivity index (χ1v) is 11.3. The summed E-state index contributed by atoms with van der Waals surface area (Å²) in [4.78, 5) is 17.1. The fourth-order valence-electron chi connectivity index (χ4n) is 3.34. The number of sulfonamides is 1. The number of nitrogens with zero attached hydrogens (tertiary/aromatic N) is 2. The standard InChI is InChI=1S/C22H18ClN3O4S/c23-16-10-8-15(9-11-16)13-26-18-6-2-1-5-17(18)21(19(27)14-31(26,29)30)22(28)25-20-7-3-4-12-24-20/h1-12,27H,13-14H2,(H,24,25,28). The molecule has 3 aromatic rings. The van der Waals surface area contributed by atoms with Gasteiger partial charge in [-0.25, -0.2) is 13.4 Å². The topological polar surface area (TPSA) is 99.6 Å². The number of amides is 1. The van der Waals surface area contributed by atoms with Crippen molar-refractivity contribution in [2.24, 2.45) is 0 Å². The molecule has 0 atom stereocenters. The van der Waals surface area contributed by atoms with Gasteiger partial charge < -0.3 is 10.4 Å². The molecule has 1 aliphatic rings. The maximum atomic E-state index is 13.1. The number of carbonyl (C=O) groups excluding carboxylic acids is 1. The van der Waals surface area contributed by atoms with Crippen LogP contribution in [0.3, 0.4) is 0 Å². The van der Waals surface area contributed by atoms with Crippen LogP contribution in [0.4, 0.5) is 11.5 Å². The molecule has 4 rings (SSSR count). The lowest BCUT2D eigenvalue weighted by Gasteiger charge is -2.24. The van der Waals surface area contributed by atoms with Crippen LogP contribution >= 0.6 is 11.6 Å². The van der Waals surface area contributed by atoms with Crippen molar-refractivity contribution < 1.29 is 18.3 Å². The predicted octanol–water partition coefficient (Wildman–Crippen LogP) is 3.99. The normalized spacial score (nSPS) is 15.2. The molecular formula is C22H18ClN3O4S. The predicted molar refractivity (Wildman–Crippen MR) is 120 cm³/mol. The highest BCUT2D eigenvalue weighted by Gasteiger charge is 2.34. The summed E-state index contributed by atoms with van der Waals surface area (Å²) in [5.41, 5.74) is 1.21. The number of carbonyl (C=O) groups is 1. The van der Waals surface area contributed by atoms with Gasteiger partial charge in [0, 0.05) is 16.8 Å². The van der Waals surface area contributed by atoms with Gasteiger partial charge in [-0.1, -0.05) is 48.0 Å². The Balaban J connectivity index is 1.78. The van der Waals surface area contributed by atoms with Crippen molar-refractivity contribution in [1.29, 1.82) is 0 Å². The van der Waals surface area contributed by atoms with Crippen LogP contribution in [-0.4, -0.2) is 30.2 Å². The lowest BCUT2D eigenvalue weighted by molar-refractivity contribution is -0.111. The number of hydrogen-bond donors (Lipinski definition) is 2. The molecule has 0 fully saturated rings. The Hall–Kier alpha value is -3.36. The molecular weight excluding hydrogens is 438 g/mol. The largest absolute Gasteiger partial charge is 0.510 e. The summed E-state index contributed by atoms with van der Waals surface area (Å²) in [7, 11) is -3.97. The molecule has 158 valence electrons. The molecule has 1 aliphatic heterocycles. The van der Waals surface area contributed by atoms with E-state index in [9.17, 15) is 18.3 Å². The summed E-state index contributed by atoms with van der Waals surface area (Å²) in [6, 6.07) is 18.4. The average Bonchev–Trinajstić information content (AvgIpc) is 2.82. The monoisotopic (exact) mass is 455 g/mol. The third kappa shape index (κ3) is 4.40. The Bertz CT molecular complexity index is 1260. The first-order valence-electron chi connectivity index (χ1n) is 9.34. The van der Waals surface area contributed by atoms with Crippen LogP contribution in [0.5, 0.6) is 0 Å². The Morgan fingerprint density at radius 2 is 1.77 bits per heavy atom. The first-order chi connectivity index (χ1) is 14.8. The molecule has 0 radical (unpaired) electrons. The third-order valence-electron chi connectivity index (χ3n) is 4.76. The number of rotatable bonds is 4. The number of aromatic nitrogens is 1. The first kappa shape index (κ1) is 20.9. The Morgan fingerprint density at radius 3 is 2.48 bits per heavy atom. The maximum Gasteiger partial charge on any atom is 0.260 e. The van der Waals surface area contributed by atoms with Crippen molar-refractivity contribution in [3.8, 4) is 0 Å². The number of hydrogen-bond acceptors (Lipinski definition) is 5. The molecule has 0 saturated heterocycles. The number of halogens is 1. The summed E-state index contributed by atoms with van der Waals surface area (Å²) in [6.45, 7) is 0.0267. The minimum atomic E-state index is -3.97. The number of pyridine rings is 1. The second-order valence-electron chi connectivity index (χ2n) is 6.90. The van der Waals surface area contributed by atoms with E-state index in [2.05, 4.69) is 10.3 Å². The van der Waals surface area contributed by atoms with Gasteiger partial charge in [0.05, 0.1) is 17.8 Å². The lowest BCUT2D eigenvalue weighted by Crippen LogP contribution is -2.32. The number of anilines is 2. The summed E-state index contributed by atoms with van der Waals surface area (Å²) in [5.74, 6) is -1.60. The van der Waals surface area contributed by atoms with Crippen molar-refractivity contribution in [3.05, 3.63) is 94.8 Å². The van der Waals surface area contributed by atoms with E-state index in [0.717, 1.165) is 0 Å². The molecule has 7 nitrogen and oxygen atoms in total. The summed E-state index contributed by atoms with van der Waals surface area (Å²) < 4.78 is 27.5. The van der Waals surface area contributed by atoms with Gasteiger partial charge in [-0.15, -0.1) is 0 Å². The van der Waals surface area contributed by atoms with E-state index in [1.54, 1.807) is 66.7 Å². The molecule has 2 aromatic carbocycles. The second kappa shape index (κ2) is 8.41. The molecule has 1 aromatic heterocycles. The molecule has 1 amide bonds. The van der Waals surface area contributed by atoms with Gasteiger partial charge in [0.25, 0.3) is 5.91 Å². The molecule has 9 heteroatoms. The average molecular weight is 456 g/mol. The summed E-state index contributed by atoms with van der Waals surface area (Å²) in [6.07, 6.45) is 1.52. The Morgan fingerprint density at radius 1 is 1.06 bits per heavy atom. The van der Waals surface area contributed by atoms with Gasteiger partial charge in [0.1, 0.15) is 17.3 Å². The highest BCUT2D eigenvalue weighted by Crippen LogP contribution is 2.36. The summed E-state index contributed by atoms with van der Waals surface area (Å²) >= 11 is 5.94. The van der Waals surface area contributed by atoms with E-state index < -0.39 is 27.4 Å². The molecule has 0 aliphatic carbocycles. The summed E-state index contributed by atoms with van der Waals surface area (Å²) in [5, 5.41) is 13.8. The van der Waals surface area contributed by atoms with Crippen LogP contribution in [0, 0.1) is 0 Å². The number of nitrogens with one attached hydrogen (secondary N) is 1. The number of fused-ring (bicyclic) bond motifs is 1. The van der Waals surface area contributed by atoms with Crippen LogP contribution in [0.15, 0.2) is 78.7 Å². The second-order valence-corrected chi connectivity index (χ2v) is 9.23. The molecule has 0 bridgehead atoms. The lowest BCUT2D eigenvalue weighted by atomic mass is 10.0. The van der Waals surface area contributed by atoms with Crippen molar-refractivity contribution in [2.45, 2.75) is 6.54 Å². The SMILES string of the molecule is O=C(Nc1ccccn1)C1=C(O)CS(=O)(=O)N(Cc2ccc(Cl)cc2)c2ccccc21. The zero-order chi connectivity index (χ0) is 22.0. The molecule has 2 heterocycles. The fourth-order valence-corrected chi connectivity index (χ4v) is 4.92. The Labute approximate surface area is 184 Å². The van der Waals surface area contributed by atoms with Crippen molar-refractivity contribution in [2.75, 3.05) is 15.4 Å². The highest BCUT2D eigenvalue weighted by molar-refractivity contribution is 7.93. The quantitative estimate of drug-likeness (QED) is 0.619. The zero-order valence-electron chi connectivity index (χ0n) is 16.2. The van der Waals surface area contributed by atoms with E-state index in [4.69, 9.17) is 11.6 Å². The maximum absolute atomic E-state index is 13.1.